The molecule has 1 atom stereocenters. The second-order valence-electron chi connectivity index (χ2n) is 5.30. The number of carbonyl (C=O) groups excluding carboxylic acids is 1. The average molecular weight is 308 g/mol. The minimum atomic E-state index is -0.943. The maximum Gasteiger partial charge on any atom is 0.320 e. The van der Waals surface area contributed by atoms with Crippen LogP contribution in [-0.4, -0.2) is 54.7 Å². The van der Waals surface area contributed by atoms with Gasteiger partial charge in [-0.1, -0.05) is 12.1 Å². The van der Waals surface area contributed by atoms with E-state index in [4.69, 9.17) is 9.84 Å². The number of rotatable bonds is 9. The predicted molar refractivity (Wildman–Crippen MR) is 84.0 cm³/mol. The van der Waals surface area contributed by atoms with Crippen LogP contribution in [0.5, 0.6) is 5.75 Å². The molecule has 1 aromatic rings. The van der Waals surface area contributed by atoms with Crippen LogP contribution in [0, 0.1) is 6.92 Å². The van der Waals surface area contributed by atoms with Crippen molar-refractivity contribution in [2.45, 2.75) is 26.3 Å². The van der Waals surface area contributed by atoms with E-state index in [1.807, 2.05) is 31.2 Å². The van der Waals surface area contributed by atoms with Gasteiger partial charge < -0.3 is 15.2 Å². The van der Waals surface area contributed by atoms with Crippen LogP contribution in [0.15, 0.2) is 24.3 Å². The van der Waals surface area contributed by atoms with Crippen LogP contribution >= 0.6 is 0 Å². The van der Waals surface area contributed by atoms with E-state index < -0.39 is 12.0 Å². The summed E-state index contributed by atoms with van der Waals surface area (Å²) in [6, 6.07) is 7.11. The Morgan fingerprint density at radius 1 is 1.41 bits per heavy atom. The fraction of sp³-hybridized carbons (Fsp3) is 0.500. The molecule has 1 rings (SSSR count). The molecule has 0 saturated heterocycles. The highest BCUT2D eigenvalue weighted by Gasteiger charge is 2.18. The van der Waals surface area contributed by atoms with Crippen molar-refractivity contribution in [2.75, 3.05) is 26.7 Å². The Morgan fingerprint density at radius 2 is 2.14 bits per heavy atom. The second kappa shape index (κ2) is 9.04. The normalized spacial score (nSPS) is 12.0. The highest BCUT2D eigenvalue weighted by atomic mass is 16.5. The minimum Gasteiger partial charge on any atom is -0.494 e. The van der Waals surface area contributed by atoms with Gasteiger partial charge in [-0.05, 0) is 45.0 Å². The molecule has 6 heteroatoms. The quantitative estimate of drug-likeness (QED) is 0.672. The third-order valence-electron chi connectivity index (χ3n) is 3.31. The van der Waals surface area contributed by atoms with Gasteiger partial charge in [0, 0.05) is 6.54 Å². The van der Waals surface area contributed by atoms with E-state index in [0.717, 1.165) is 11.3 Å². The number of aryl methyl sites for hydroxylation is 1. The molecule has 0 heterocycles. The van der Waals surface area contributed by atoms with E-state index in [2.05, 4.69) is 5.32 Å². The molecule has 6 nitrogen and oxygen atoms in total. The third-order valence-corrected chi connectivity index (χ3v) is 3.31. The van der Waals surface area contributed by atoms with Gasteiger partial charge in [0.1, 0.15) is 11.8 Å². The van der Waals surface area contributed by atoms with Crippen LogP contribution < -0.4 is 10.1 Å². The van der Waals surface area contributed by atoms with Gasteiger partial charge in [-0.2, -0.15) is 0 Å². The van der Waals surface area contributed by atoms with E-state index in [-0.39, 0.29) is 12.5 Å². The number of nitrogens with zero attached hydrogens (tertiary/aromatic N) is 1. The number of amides is 1. The lowest BCUT2D eigenvalue weighted by molar-refractivity contribution is -0.142. The van der Waals surface area contributed by atoms with Gasteiger partial charge in [0.2, 0.25) is 5.91 Å². The van der Waals surface area contributed by atoms with Gasteiger partial charge in [0.15, 0.2) is 0 Å². The number of benzene rings is 1. The fourth-order valence-corrected chi connectivity index (χ4v) is 1.80. The Bertz CT molecular complexity index is 505. The third kappa shape index (κ3) is 6.58. The molecule has 0 bridgehead atoms. The number of likely N-dealkylation sites (N-methyl/N-ethyl adjacent to an activating group) is 1. The number of aliphatic carboxylic acids is 1. The van der Waals surface area contributed by atoms with E-state index in [1.54, 1.807) is 14.0 Å². The maximum atomic E-state index is 11.7. The van der Waals surface area contributed by atoms with Crippen molar-refractivity contribution in [2.24, 2.45) is 0 Å². The van der Waals surface area contributed by atoms with Gasteiger partial charge in [-0.25, -0.2) is 0 Å². The maximum absolute atomic E-state index is 11.7. The first-order valence-electron chi connectivity index (χ1n) is 7.29. The van der Waals surface area contributed by atoms with Crippen LogP contribution in [0.2, 0.25) is 0 Å². The Hall–Kier alpha value is -2.08. The van der Waals surface area contributed by atoms with E-state index in [0.29, 0.717) is 19.6 Å². The molecule has 1 aromatic carbocycles. The highest BCUT2D eigenvalue weighted by molar-refractivity contribution is 5.79. The Balaban J connectivity index is 2.16. The van der Waals surface area contributed by atoms with Crippen LogP contribution in [0.25, 0.3) is 0 Å². The van der Waals surface area contributed by atoms with Crippen molar-refractivity contribution < 1.29 is 19.4 Å². The monoisotopic (exact) mass is 308 g/mol. The first kappa shape index (κ1) is 18.0. The minimum absolute atomic E-state index is 0.0617. The van der Waals surface area contributed by atoms with Gasteiger partial charge in [0.05, 0.1) is 13.2 Å². The molecule has 22 heavy (non-hydrogen) atoms. The van der Waals surface area contributed by atoms with E-state index in [1.165, 1.54) is 4.90 Å². The average Bonchev–Trinajstić information content (AvgIpc) is 2.45. The van der Waals surface area contributed by atoms with Crippen molar-refractivity contribution in [1.82, 2.24) is 10.2 Å². The molecule has 0 fully saturated rings. The molecule has 1 unspecified atom stereocenters. The number of ether oxygens (including phenoxy) is 1. The first-order chi connectivity index (χ1) is 10.4. The van der Waals surface area contributed by atoms with Crippen molar-refractivity contribution in [1.29, 1.82) is 0 Å². The number of hydrogen-bond donors (Lipinski definition) is 2. The smallest absolute Gasteiger partial charge is 0.320 e. The summed E-state index contributed by atoms with van der Waals surface area (Å²) in [6.07, 6.45) is 0.692. The molecule has 0 spiro atoms. The number of hydrogen-bond acceptors (Lipinski definition) is 4. The SMILES string of the molecule is Cc1cccc(OCCCNC(=O)CN(C)C(C)C(=O)O)c1. The molecular weight excluding hydrogens is 284 g/mol. The molecule has 0 aromatic heterocycles. The lowest BCUT2D eigenvalue weighted by Gasteiger charge is -2.20. The zero-order valence-corrected chi connectivity index (χ0v) is 13.3. The van der Waals surface area contributed by atoms with Crippen molar-refractivity contribution in [3.8, 4) is 5.75 Å². The molecule has 1 amide bonds. The standard InChI is InChI=1S/C16H24N2O4/c1-12-6-4-7-14(10-12)22-9-5-8-17-15(19)11-18(3)13(2)16(20)21/h4,6-7,10,13H,5,8-9,11H2,1-3H3,(H,17,19)(H,20,21). The first-order valence-corrected chi connectivity index (χ1v) is 7.29. The van der Waals surface area contributed by atoms with Crippen molar-refractivity contribution in [3.05, 3.63) is 29.8 Å². The molecule has 0 aliphatic carbocycles. The molecular formula is C16H24N2O4. The lowest BCUT2D eigenvalue weighted by Crippen LogP contribution is -2.43. The Labute approximate surface area is 131 Å². The Morgan fingerprint density at radius 3 is 2.77 bits per heavy atom. The number of carboxylic acids is 1. The molecule has 2 N–H and O–H groups in total. The Kier molecular flexibility index (Phi) is 7.39. The zero-order valence-electron chi connectivity index (χ0n) is 13.3. The van der Waals surface area contributed by atoms with Crippen LogP contribution in [0.3, 0.4) is 0 Å². The summed E-state index contributed by atoms with van der Waals surface area (Å²) < 4.78 is 5.58. The summed E-state index contributed by atoms with van der Waals surface area (Å²) in [4.78, 5) is 23.9. The zero-order chi connectivity index (χ0) is 16.5. The molecule has 0 aliphatic heterocycles. The molecule has 122 valence electrons. The fourth-order valence-electron chi connectivity index (χ4n) is 1.80. The number of carboxylic acid groups (broad SMARTS) is 1. The summed E-state index contributed by atoms with van der Waals surface area (Å²) in [5.74, 6) is -0.311. The molecule has 0 aliphatic rings. The van der Waals surface area contributed by atoms with E-state index in [9.17, 15) is 9.59 Å². The van der Waals surface area contributed by atoms with Gasteiger partial charge in [0.25, 0.3) is 0 Å². The summed E-state index contributed by atoms with van der Waals surface area (Å²) in [6.45, 7) is 4.63. The number of carbonyl (C=O) groups is 2. The van der Waals surface area contributed by atoms with Crippen molar-refractivity contribution in [3.63, 3.8) is 0 Å². The van der Waals surface area contributed by atoms with Crippen LogP contribution in [-0.2, 0) is 9.59 Å². The summed E-state index contributed by atoms with van der Waals surface area (Å²) >= 11 is 0. The van der Waals surface area contributed by atoms with Gasteiger partial charge in [-0.15, -0.1) is 0 Å². The summed E-state index contributed by atoms with van der Waals surface area (Å²) in [5.41, 5.74) is 1.14. The summed E-state index contributed by atoms with van der Waals surface area (Å²) in [7, 11) is 1.61. The van der Waals surface area contributed by atoms with Crippen molar-refractivity contribution >= 4 is 11.9 Å². The topological polar surface area (TPSA) is 78.9 Å². The van der Waals surface area contributed by atoms with Crippen LogP contribution in [0.1, 0.15) is 18.9 Å². The molecule has 0 saturated carbocycles. The number of nitrogens with one attached hydrogen (secondary N) is 1. The lowest BCUT2D eigenvalue weighted by atomic mass is 10.2. The largest absolute Gasteiger partial charge is 0.494 e. The van der Waals surface area contributed by atoms with Crippen LogP contribution in [0.4, 0.5) is 0 Å². The van der Waals surface area contributed by atoms with E-state index >= 15 is 0 Å². The van der Waals surface area contributed by atoms with Gasteiger partial charge >= 0.3 is 5.97 Å². The highest BCUT2D eigenvalue weighted by Crippen LogP contribution is 2.12. The molecule has 0 radical (unpaired) electrons. The predicted octanol–water partition coefficient (Wildman–Crippen LogP) is 1.29. The summed E-state index contributed by atoms with van der Waals surface area (Å²) in [5, 5.41) is 11.6. The van der Waals surface area contributed by atoms with Gasteiger partial charge in [-0.3, -0.25) is 14.5 Å². The second-order valence-corrected chi connectivity index (χ2v) is 5.30.